The Morgan fingerprint density at radius 1 is 0.674 bits per heavy atom. The Bertz CT molecular complexity index is 1010. The number of rotatable bonds is 12. The highest BCUT2D eigenvalue weighted by atomic mass is 16.6. The van der Waals surface area contributed by atoms with Gasteiger partial charge in [0.2, 0.25) is 18.0 Å². The summed E-state index contributed by atoms with van der Waals surface area (Å²) < 4.78 is 6.35. The molecular formula is C28H44N4O11. The molecule has 4 fully saturated rings. The predicted octanol–water partition coefficient (Wildman–Crippen LogP) is 2.56. The van der Waals surface area contributed by atoms with Crippen LogP contribution in [-0.4, -0.2) is 80.9 Å². The van der Waals surface area contributed by atoms with Gasteiger partial charge in [0.05, 0.1) is 36.6 Å². The molecule has 0 heterocycles. The minimum Gasteiger partial charge on any atom is -0.481 e. The molecule has 0 bridgehead atoms. The first kappa shape index (κ1) is 33.0. The number of carbonyl (C=O) groups excluding carboxylic acids is 1. The molecule has 6 unspecified atom stereocenters. The van der Waals surface area contributed by atoms with Crippen molar-refractivity contribution in [3.05, 3.63) is 20.2 Å². The van der Waals surface area contributed by atoms with E-state index in [-0.39, 0.29) is 74.3 Å². The third-order valence-electron chi connectivity index (χ3n) is 9.97. The third kappa shape index (κ3) is 9.05. The molecule has 4 rings (SSSR count). The Kier molecular flexibility index (Phi) is 11.7. The summed E-state index contributed by atoms with van der Waals surface area (Å²) in [6, 6.07) is -1.64. The van der Waals surface area contributed by atoms with Gasteiger partial charge in [0.25, 0.3) is 0 Å². The lowest BCUT2D eigenvalue weighted by Crippen LogP contribution is -2.48. The first-order valence-electron chi connectivity index (χ1n) is 15.6. The lowest BCUT2D eigenvalue weighted by molar-refractivity contribution is -0.528. The number of carboxylic acid groups (broad SMARTS) is 2. The van der Waals surface area contributed by atoms with Crippen molar-refractivity contribution < 1.29 is 44.0 Å². The average molecular weight is 613 g/mol. The second-order valence-corrected chi connectivity index (χ2v) is 12.8. The minimum absolute atomic E-state index is 0.0532. The van der Waals surface area contributed by atoms with Crippen molar-refractivity contribution in [1.29, 1.82) is 0 Å². The van der Waals surface area contributed by atoms with Gasteiger partial charge in [0.15, 0.2) is 0 Å². The van der Waals surface area contributed by atoms with Gasteiger partial charge in [-0.15, -0.1) is 0 Å². The van der Waals surface area contributed by atoms with Crippen molar-refractivity contribution >= 4 is 17.8 Å². The van der Waals surface area contributed by atoms with E-state index in [1.165, 1.54) is 0 Å². The summed E-state index contributed by atoms with van der Waals surface area (Å²) in [6.45, 7) is 0.117. The van der Waals surface area contributed by atoms with Gasteiger partial charge < -0.3 is 25.1 Å². The lowest BCUT2D eigenvalue weighted by atomic mass is 9.76. The first-order chi connectivity index (χ1) is 20.5. The standard InChI is InChI=1S/C28H44N4O11/c33-26(25-14-20(32(40)41)6-12-24(25)28(36)37)29-17-1-7-21(8-2-17)43-22-9-3-18(4-10-22)30-42-15-16-13-19(31(38)39)5-11-23(16)27(34)35/h16-25,30H,1-15H2,(H,29,33)(H,34,35)(H,36,37). The van der Waals surface area contributed by atoms with Gasteiger partial charge in [-0.3, -0.25) is 34.6 Å². The summed E-state index contributed by atoms with van der Waals surface area (Å²) in [5, 5.41) is 44.4. The van der Waals surface area contributed by atoms with Crippen LogP contribution < -0.4 is 10.8 Å². The van der Waals surface area contributed by atoms with Gasteiger partial charge in [0, 0.05) is 53.5 Å². The predicted molar refractivity (Wildman–Crippen MR) is 149 cm³/mol. The third-order valence-corrected chi connectivity index (χ3v) is 9.97. The lowest BCUT2D eigenvalue weighted by Gasteiger charge is -2.36. The van der Waals surface area contributed by atoms with Gasteiger partial charge in [-0.25, -0.2) is 0 Å². The van der Waals surface area contributed by atoms with E-state index in [1.54, 1.807) is 0 Å². The van der Waals surface area contributed by atoms with Gasteiger partial charge in [-0.05, 0) is 64.2 Å². The number of nitro groups is 2. The van der Waals surface area contributed by atoms with Crippen LogP contribution in [0.15, 0.2) is 0 Å². The number of nitrogens with zero attached hydrogens (tertiary/aromatic N) is 2. The Labute approximate surface area is 249 Å². The van der Waals surface area contributed by atoms with E-state index in [0.717, 1.165) is 38.5 Å². The van der Waals surface area contributed by atoms with E-state index >= 15 is 0 Å². The maximum absolute atomic E-state index is 12.9. The van der Waals surface area contributed by atoms with Crippen molar-refractivity contribution in [1.82, 2.24) is 10.8 Å². The highest BCUT2D eigenvalue weighted by Gasteiger charge is 2.44. The molecule has 242 valence electrons. The Morgan fingerprint density at radius 3 is 1.72 bits per heavy atom. The van der Waals surface area contributed by atoms with Crippen LogP contribution in [0.25, 0.3) is 0 Å². The van der Waals surface area contributed by atoms with Crippen LogP contribution in [0.5, 0.6) is 0 Å². The molecule has 0 aromatic rings. The molecule has 15 heteroatoms. The van der Waals surface area contributed by atoms with Gasteiger partial charge >= 0.3 is 11.9 Å². The number of hydrogen-bond acceptors (Lipinski definition) is 10. The Hall–Kier alpha value is -2.91. The molecule has 6 atom stereocenters. The van der Waals surface area contributed by atoms with Crippen LogP contribution in [0, 0.1) is 43.9 Å². The normalized spacial score (nSPS) is 36.7. The zero-order valence-corrected chi connectivity index (χ0v) is 24.3. The van der Waals surface area contributed by atoms with Crippen molar-refractivity contribution in [2.75, 3.05) is 6.61 Å². The van der Waals surface area contributed by atoms with Crippen LogP contribution in [0.2, 0.25) is 0 Å². The summed E-state index contributed by atoms with van der Waals surface area (Å²) in [5.74, 6) is -5.28. The number of ether oxygens (including phenoxy) is 1. The minimum atomic E-state index is -1.09. The van der Waals surface area contributed by atoms with Crippen LogP contribution >= 0.6 is 0 Å². The van der Waals surface area contributed by atoms with Crippen molar-refractivity contribution in [2.24, 2.45) is 23.7 Å². The van der Waals surface area contributed by atoms with Crippen molar-refractivity contribution in [2.45, 2.75) is 126 Å². The highest BCUT2D eigenvalue weighted by Crippen LogP contribution is 2.34. The molecule has 4 aliphatic carbocycles. The van der Waals surface area contributed by atoms with Crippen LogP contribution in [-0.2, 0) is 24.0 Å². The smallest absolute Gasteiger partial charge is 0.307 e. The van der Waals surface area contributed by atoms with Gasteiger partial charge in [-0.1, -0.05) is 0 Å². The van der Waals surface area contributed by atoms with Crippen LogP contribution in [0.4, 0.5) is 0 Å². The van der Waals surface area contributed by atoms with E-state index in [9.17, 15) is 44.8 Å². The van der Waals surface area contributed by atoms with Crippen LogP contribution in [0.3, 0.4) is 0 Å². The fourth-order valence-electron chi connectivity index (χ4n) is 7.38. The SMILES string of the molecule is O=C(O)C1CCC([N+](=O)[O-])CC1CONC1CCC(OC2CCC(NC(=O)C3CC([N+](=O)[O-])CCC3C(=O)O)CC2)CC1. The number of carboxylic acids is 2. The molecule has 0 radical (unpaired) electrons. The molecular weight excluding hydrogens is 568 g/mol. The summed E-state index contributed by atoms with van der Waals surface area (Å²) >= 11 is 0. The monoisotopic (exact) mass is 612 g/mol. The molecule has 4 aliphatic rings. The van der Waals surface area contributed by atoms with Crippen molar-refractivity contribution in [3.8, 4) is 0 Å². The maximum Gasteiger partial charge on any atom is 0.307 e. The molecule has 4 N–H and O–H groups in total. The quantitative estimate of drug-likeness (QED) is 0.184. The summed E-state index contributed by atoms with van der Waals surface area (Å²) in [7, 11) is 0. The Balaban J connectivity index is 1.13. The molecule has 0 aromatic carbocycles. The van der Waals surface area contributed by atoms with Gasteiger partial charge in [0.1, 0.15) is 0 Å². The molecule has 15 nitrogen and oxygen atoms in total. The topological polar surface area (TPSA) is 220 Å². The number of hydroxylamine groups is 1. The van der Waals surface area contributed by atoms with E-state index in [4.69, 9.17) is 9.57 Å². The summed E-state index contributed by atoms with van der Waals surface area (Å²) in [4.78, 5) is 63.5. The molecule has 0 aromatic heterocycles. The molecule has 0 saturated heterocycles. The zero-order chi connectivity index (χ0) is 31.1. The maximum atomic E-state index is 12.9. The highest BCUT2D eigenvalue weighted by molar-refractivity contribution is 5.85. The van der Waals surface area contributed by atoms with E-state index in [1.807, 2.05) is 0 Å². The fourth-order valence-corrected chi connectivity index (χ4v) is 7.38. The first-order valence-corrected chi connectivity index (χ1v) is 15.6. The largest absolute Gasteiger partial charge is 0.481 e. The molecule has 1 amide bonds. The molecule has 0 spiro atoms. The molecule has 43 heavy (non-hydrogen) atoms. The average Bonchev–Trinajstić information content (AvgIpc) is 2.98. The fraction of sp³-hybridized carbons (Fsp3) is 0.893. The van der Waals surface area contributed by atoms with E-state index in [0.29, 0.717) is 12.8 Å². The van der Waals surface area contributed by atoms with E-state index in [2.05, 4.69) is 10.8 Å². The number of carbonyl (C=O) groups is 3. The second-order valence-electron chi connectivity index (χ2n) is 12.8. The second kappa shape index (κ2) is 15.2. The van der Waals surface area contributed by atoms with Gasteiger partial charge in [-0.2, -0.15) is 5.48 Å². The van der Waals surface area contributed by atoms with E-state index < -0.39 is 58.5 Å². The van der Waals surface area contributed by atoms with Crippen molar-refractivity contribution in [3.63, 3.8) is 0 Å². The molecule has 0 aliphatic heterocycles. The summed E-state index contributed by atoms with van der Waals surface area (Å²) in [5.41, 5.74) is 3.03. The number of aliphatic carboxylic acids is 2. The van der Waals surface area contributed by atoms with Crippen LogP contribution in [0.1, 0.15) is 89.9 Å². The number of nitrogens with one attached hydrogen (secondary N) is 2. The molecule has 4 saturated carbocycles. The number of amides is 1. The zero-order valence-electron chi connectivity index (χ0n) is 24.3. The Morgan fingerprint density at radius 2 is 1.19 bits per heavy atom. The summed E-state index contributed by atoms with van der Waals surface area (Å²) in [6.07, 6.45) is 7.35. The number of hydrogen-bond donors (Lipinski definition) is 4.